The molecule has 0 heterocycles. The van der Waals surface area contributed by atoms with Crippen LogP contribution >= 0.6 is 0 Å². The van der Waals surface area contributed by atoms with Crippen LogP contribution in [0.25, 0.3) is 0 Å². The van der Waals surface area contributed by atoms with E-state index in [0.717, 1.165) is 0 Å². The molecule has 0 aliphatic heterocycles. The number of rotatable bonds is 5. The van der Waals surface area contributed by atoms with Crippen LogP contribution in [0.5, 0.6) is 0 Å². The topological polar surface area (TPSA) is 74.6 Å². The third-order valence-electron chi connectivity index (χ3n) is 13.8. The Labute approximate surface area is 250 Å². The molecule has 4 nitrogen and oxygen atoms in total. The van der Waals surface area contributed by atoms with Gasteiger partial charge in [0, 0.05) is 0 Å². The van der Waals surface area contributed by atoms with E-state index in [9.17, 15) is 19.8 Å². The molecule has 8 fully saturated rings. The van der Waals surface area contributed by atoms with Gasteiger partial charge in [0.15, 0.2) is 0 Å². The lowest BCUT2D eigenvalue weighted by atomic mass is 9.24. The number of hydrogen-bond acceptors (Lipinski definition) is 2. The molecule has 0 spiro atoms. The molecule has 222 valence electrons. The van der Waals surface area contributed by atoms with Crippen LogP contribution in [0.2, 0.25) is 0 Å². The molecule has 0 amide bonds. The Morgan fingerprint density at radius 1 is 0.452 bits per heavy atom. The van der Waals surface area contributed by atoms with Crippen molar-refractivity contribution < 1.29 is 19.8 Å². The van der Waals surface area contributed by atoms with Crippen LogP contribution in [0.3, 0.4) is 0 Å². The minimum absolute atomic E-state index is 0.108. The summed E-state index contributed by atoms with van der Waals surface area (Å²) >= 11 is 0. The molecule has 42 heavy (non-hydrogen) atoms. The van der Waals surface area contributed by atoms with Gasteiger partial charge in [-0.15, -0.1) is 0 Å². The van der Waals surface area contributed by atoms with E-state index in [-0.39, 0.29) is 21.7 Å². The van der Waals surface area contributed by atoms with E-state index in [1.54, 1.807) is 0 Å². The molecule has 0 saturated heterocycles. The first-order valence-corrected chi connectivity index (χ1v) is 16.2. The van der Waals surface area contributed by atoms with Crippen LogP contribution in [-0.2, 0) is 10.8 Å². The number of hydrogen-bond donors (Lipinski definition) is 2. The second kappa shape index (κ2) is 7.71. The highest BCUT2D eigenvalue weighted by Crippen LogP contribution is 2.85. The summed E-state index contributed by atoms with van der Waals surface area (Å²) in [5.74, 6) is -1.70. The summed E-state index contributed by atoms with van der Waals surface area (Å²) in [5.41, 5.74) is 5.47. The number of benzene rings is 2. The van der Waals surface area contributed by atoms with Crippen molar-refractivity contribution in [2.24, 2.45) is 32.5 Å². The minimum Gasteiger partial charge on any atom is -0.478 e. The van der Waals surface area contributed by atoms with Crippen molar-refractivity contribution in [3.63, 3.8) is 0 Å². The molecule has 0 radical (unpaired) electrons. The number of carboxylic acid groups (broad SMARTS) is 2. The Morgan fingerprint density at radius 2 is 0.738 bits per heavy atom. The van der Waals surface area contributed by atoms with Gasteiger partial charge in [-0.25, -0.2) is 9.59 Å². The fraction of sp³-hybridized carbons (Fsp3) is 0.632. The fourth-order valence-corrected chi connectivity index (χ4v) is 15.1. The lowest BCUT2D eigenvalue weighted by Crippen LogP contribution is -2.71. The molecule has 0 aromatic heterocycles. The van der Waals surface area contributed by atoms with Crippen molar-refractivity contribution in [3.8, 4) is 0 Å². The van der Waals surface area contributed by atoms with E-state index >= 15 is 0 Å². The molecule has 8 saturated carbocycles. The molecule has 4 heteroatoms. The lowest BCUT2D eigenvalue weighted by molar-refractivity contribution is -0.275. The van der Waals surface area contributed by atoms with Gasteiger partial charge in [0.25, 0.3) is 0 Å². The van der Waals surface area contributed by atoms with Gasteiger partial charge in [0.05, 0.1) is 11.1 Å². The maximum absolute atomic E-state index is 11.7. The van der Waals surface area contributed by atoms with Crippen molar-refractivity contribution in [2.45, 2.75) is 116 Å². The Bertz CT molecular complexity index is 1360. The van der Waals surface area contributed by atoms with Crippen LogP contribution < -0.4 is 0 Å². The molecule has 8 bridgehead atoms. The van der Waals surface area contributed by atoms with E-state index in [4.69, 9.17) is 0 Å². The quantitative estimate of drug-likeness (QED) is 0.379. The van der Waals surface area contributed by atoms with Crippen LogP contribution in [-0.4, -0.2) is 22.2 Å². The molecule has 8 aliphatic rings. The molecular formula is C38H46O4. The second-order valence-corrected chi connectivity index (χ2v) is 18.3. The van der Waals surface area contributed by atoms with Crippen LogP contribution in [0, 0.1) is 32.5 Å². The Kier molecular flexibility index (Phi) is 4.95. The SMILES string of the molecule is CC12CC3(C)CC(c4ccc(C(=O)O)cc4)(C1)CC(C14CC5(C)CC(C)(CC(c6ccc(C(=O)O)cc6)(C5)C1)C4)(C2)C3. The summed E-state index contributed by atoms with van der Waals surface area (Å²) in [6, 6.07) is 16.0. The van der Waals surface area contributed by atoms with Gasteiger partial charge >= 0.3 is 11.9 Å². The first-order chi connectivity index (χ1) is 19.6. The van der Waals surface area contributed by atoms with Gasteiger partial charge in [0.1, 0.15) is 0 Å². The van der Waals surface area contributed by atoms with Crippen molar-refractivity contribution in [1.82, 2.24) is 0 Å². The lowest BCUT2D eigenvalue weighted by Gasteiger charge is -2.80. The zero-order valence-corrected chi connectivity index (χ0v) is 25.8. The van der Waals surface area contributed by atoms with Gasteiger partial charge in [-0.1, -0.05) is 52.0 Å². The van der Waals surface area contributed by atoms with Gasteiger partial charge in [-0.3, -0.25) is 0 Å². The van der Waals surface area contributed by atoms with Crippen LogP contribution in [0.4, 0.5) is 0 Å². The largest absolute Gasteiger partial charge is 0.478 e. The fourth-order valence-electron chi connectivity index (χ4n) is 15.1. The average Bonchev–Trinajstić information content (AvgIpc) is 2.84. The van der Waals surface area contributed by atoms with Crippen molar-refractivity contribution in [2.75, 3.05) is 0 Å². The predicted octanol–water partition coefficient (Wildman–Crippen LogP) is 9.02. The molecule has 2 aromatic rings. The predicted molar refractivity (Wildman–Crippen MR) is 163 cm³/mol. The van der Waals surface area contributed by atoms with E-state index in [0.29, 0.717) is 32.8 Å². The molecule has 8 aliphatic carbocycles. The zero-order valence-electron chi connectivity index (χ0n) is 25.8. The van der Waals surface area contributed by atoms with Crippen molar-refractivity contribution in [3.05, 3.63) is 70.8 Å². The summed E-state index contributed by atoms with van der Waals surface area (Å²) in [4.78, 5) is 23.4. The third-order valence-corrected chi connectivity index (χ3v) is 13.8. The molecular weight excluding hydrogens is 520 g/mol. The maximum Gasteiger partial charge on any atom is 0.335 e. The average molecular weight is 567 g/mol. The molecule has 4 unspecified atom stereocenters. The Morgan fingerprint density at radius 3 is 1.00 bits per heavy atom. The standard InChI is InChI=1S/C38H46O4/c1-31-13-32(2)16-35(15-31,27-9-5-25(6-10-27)29(39)40)23-37(19-31,20-32)38-21-33(3)14-34(4,22-38)18-36(17-33,24-38)28-11-7-26(8-12-28)30(41)42/h5-12H,13-24H2,1-4H3,(H,39,40)(H,41,42). The van der Waals surface area contributed by atoms with Gasteiger partial charge < -0.3 is 10.2 Å². The second-order valence-electron chi connectivity index (χ2n) is 18.3. The summed E-state index contributed by atoms with van der Waals surface area (Å²) in [5, 5.41) is 19.2. The van der Waals surface area contributed by atoms with E-state index in [1.807, 2.05) is 24.3 Å². The van der Waals surface area contributed by atoms with Gasteiger partial charge in [-0.2, -0.15) is 0 Å². The Hall–Kier alpha value is -2.62. The minimum atomic E-state index is -0.848. The van der Waals surface area contributed by atoms with E-state index in [1.165, 1.54) is 88.2 Å². The maximum atomic E-state index is 11.7. The Balaban J connectivity index is 1.27. The van der Waals surface area contributed by atoms with Crippen molar-refractivity contribution >= 4 is 11.9 Å². The highest BCUT2D eigenvalue weighted by atomic mass is 16.4. The van der Waals surface area contributed by atoms with E-state index in [2.05, 4.69) is 52.0 Å². The molecule has 4 atom stereocenters. The van der Waals surface area contributed by atoms with Gasteiger partial charge in [-0.05, 0) is 156 Å². The molecule has 2 N–H and O–H groups in total. The van der Waals surface area contributed by atoms with Crippen molar-refractivity contribution in [1.29, 1.82) is 0 Å². The summed E-state index contributed by atoms with van der Waals surface area (Å²) < 4.78 is 0. The number of aromatic carboxylic acids is 2. The smallest absolute Gasteiger partial charge is 0.335 e. The summed E-state index contributed by atoms with van der Waals surface area (Å²) in [7, 11) is 0. The van der Waals surface area contributed by atoms with Crippen LogP contribution in [0.1, 0.15) is 137 Å². The highest BCUT2D eigenvalue weighted by Gasteiger charge is 2.76. The molecule has 2 aromatic carbocycles. The summed E-state index contributed by atoms with van der Waals surface area (Å²) in [6.07, 6.45) is 15.3. The first kappa shape index (κ1) is 27.0. The number of carbonyl (C=O) groups is 2. The van der Waals surface area contributed by atoms with Crippen LogP contribution in [0.15, 0.2) is 48.5 Å². The third kappa shape index (κ3) is 3.53. The van der Waals surface area contributed by atoms with E-state index < -0.39 is 11.9 Å². The molecule has 10 rings (SSSR count). The zero-order chi connectivity index (χ0) is 29.6. The number of carboxylic acids is 2. The normalized spacial score (nSPS) is 48.0. The monoisotopic (exact) mass is 566 g/mol. The van der Waals surface area contributed by atoms with Gasteiger partial charge in [0.2, 0.25) is 0 Å². The first-order valence-electron chi connectivity index (χ1n) is 16.2. The highest BCUT2D eigenvalue weighted by molar-refractivity contribution is 5.88. The summed E-state index contributed by atoms with van der Waals surface area (Å²) in [6.45, 7) is 10.3.